The van der Waals surface area contributed by atoms with Gasteiger partial charge in [-0.3, -0.25) is 0 Å². The lowest BCUT2D eigenvalue weighted by molar-refractivity contribution is -0.0855. The predicted molar refractivity (Wildman–Crippen MR) is 109 cm³/mol. The summed E-state index contributed by atoms with van der Waals surface area (Å²) < 4.78 is 11.2. The smallest absolute Gasteiger partial charge is 0.191 e. The molecule has 24 heavy (non-hydrogen) atoms. The van der Waals surface area contributed by atoms with Crippen LogP contribution in [0.5, 0.6) is 0 Å². The van der Waals surface area contributed by atoms with Crippen molar-refractivity contribution >= 4 is 41.5 Å². The highest BCUT2D eigenvalue weighted by Gasteiger charge is 2.32. The van der Waals surface area contributed by atoms with Gasteiger partial charge in [0.1, 0.15) is 0 Å². The van der Waals surface area contributed by atoms with Crippen LogP contribution in [0, 0.1) is 0 Å². The van der Waals surface area contributed by atoms with Crippen molar-refractivity contribution in [2.75, 3.05) is 33.4 Å². The molecule has 0 amide bonds. The third kappa shape index (κ3) is 6.74. The average molecular weight is 468 g/mol. The zero-order valence-electron chi connectivity index (χ0n) is 14.3. The highest BCUT2D eigenvalue weighted by atomic mass is 127. The number of rotatable bonds is 6. The van der Waals surface area contributed by atoms with Crippen molar-refractivity contribution in [3.8, 4) is 0 Å². The molecule has 136 valence electrons. The van der Waals surface area contributed by atoms with Crippen LogP contribution in [-0.4, -0.2) is 45.0 Å². The van der Waals surface area contributed by atoms with Crippen molar-refractivity contribution in [1.82, 2.24) is 10.6 Å². The third-order valence-electron chi connectivity index (χ3n) is 4.09. The van der Waals surface area contributed by atoms with Crippen molar-refractivity contribution in [1.29, 1.82) is 0 Å². The lowest BCUT2D eigenvalue weighted by Gasteiger charge is -2.36. The summed E-state index contributed by atoms with van der Waals surface area (Å²) in [7, 11) is 1.77. The van der Waals surface area contributed by atoms with Gasteiger partial charge in [0.15, 0.2) is 5.96 Å². The largest absolute Gasteiger partial charge is 0.381 e. The Morgan fingerprint density at radius 1 is 1.25 bits per heavy atom. The molecule has 0 aromatic heterocycles. The van der Waals surface area contributed by atoms with Gasteiger partial charge in [0.2, 0.25) is 0 Å². The van der Waals surface area contributed by atoms with Gasteiger partial charge in [0, 0.05) is 51.3 Å². The number of ether oxygens (including phenoxy) is 2. The SMILES string of the molecule is CCNC(=NCc1ccc(Cl)cc1)NCC1(OC)CCOCC1.I. The van der Waals surface area contributed by atoms with Gasteiger partial charge in [0.05, 0.1) is 12.1 Å². The van der Waals surface area contributed by atoms with Crippen LogP contribution in [0.4, 0.5) is 0 Å². The lowest BCUT2D eigenvalue weighted by atomic mass is 9.94. The average Bonchev–Trinajstić information content (AvgIpc) is 2.59. The van der Waals surface area contributed by atoms with Crippen LogP contribution in [0.1, 0.15) is 25.3 Å². The van der Waals surface area contributed by atoms with E-state index in [0.717, 1.165) is 55.7 Å². The molecule has 0 spiro atoms. The molecule has 1 aromatic carbocycles. The summed E-state index contributed by atoms with van der Waals surface area (Å²) in [5, 5.41) is 7.41. The Balaban J connectivity index is 0.00000288. The summed E-state index contributed by atoms with van der Waals surface area (Å²) >= 11 is 5.91. The Bertz CT molecular complexity index is 505. The van der Waals surface area contributed by atoms with Crippen molar-refractivity contribution in [2.24, 2.45) is 4.99 Å². The van der Waals surface area contributed by atoms with Crippen LogP contribution < -0.4 is 10.6 Å². The molecule has 0 unspecified atom stereocenters. The number of aliphatic imine (C=N–C) groups is 1. The van der Waals surface area contributed by atoms with Gasteiger partial charge in [-0.1, -0.05) is 23.7 Å². The van der Waals surface area contributed by atoms with Gasteiger partial charge in [-0.05, 0) is 24.6 Å². The monoisotopic (exact) mass is 467 g/mol. The number of halogens is 2. The minimum absolute atomic E-state index is 0. The van der Waals surface area contributed by atoms with Crippen molar-refractivity contribution in [3.05, 3.63) is 34.9 Å². The Kier molecular flexibility index (Phi) is 9.95. The zero-order chi connectivity index (χ0) is 16.5. The molecule has 2 N–H and O–H groups in total. The summed E-state index contributed by atoms with van der Waals surface area (Å²) in [6.07, 6.45) is 1.79. The molecule has 1 heterocycles. The van der Waals surface area contributed by atoms with E-state index in [1.54, 1.807) is 7.11 Å². The molecule has 2 rings (SSSR count). The molecular formula is C17H27ClIN3O2. The number of hydrogen-bond donors (Lipinski definition) is 2. The number of hydrogen-bond acceptors (Lipinski definition) is 3. The number of benzene rings is 1. The first-order valence-electron chi connectivity index (χ1n) is 8.07. The third-order valence-corrected chi connectivity index (χ3v) is 4.34. The van der Waals surface area contributed by atoms with Crippen LogP contribution in [0.3, 0.4) is 0 Å². The van der Waals surface area contributed by atoms with Gasteiger partial charge in [-0.2, -0.15) is 0 Å². The highest BCUT2D eigenvalue weighted by Crippen LogP contribution is 2.23. The Labute approximate surface area is 166 Å². The Morgan fingerprint density at radius 2 is 1.92 bits per heavy atom. The van der Waals surface area contributed by atoms with Crippen LogP contribution in [-0.2, 0) is 16.0 Å². The molecule has 0 atom stereocenters. The summed E-state index contributed by atoms with van der Waals surface area (Å²) in [6.45, 7) is 5.69. The second kappa shape index (κ2) is 11.1. The molecule has 0 aliphatic carbocycles. The normalized spacial score (nSPS) is 17.0. The van der Waals surface area contributed by atoms with E-state index in [-0.39, 0.29) is 29.6 Å². The fourth-order valence-electron chi connectivity index (χ4n) is 2.54. The maximum absolute atomic E-state index is 5.91. The molecule has 0 radical (unpaired) electrons. The molecule has 0 saturated carbocycles. The van der Waals surface area contributed by atoms with Crippen LogP contribution in [0.25, 0.3) is 0 Å². The van der Waals surface area contributed by atoms with E-state index in [4.69, 9.17) is 21.1 Å². The minimum atomic E-state index is -0.172. The molecule has 5 nitrogen and oxygen atoms in total. The van der Waals surface area contributed by atoms with E-state index in [0.29, 0.717) is 6.54 Å². The first kappa shape index (κ1) is 21.5. The summed E-state index contributed by atoms with van der Waals surface area (Å²) in [6, 6.07) is 7.75. The summed E-state index contributed by atoms with van der Waals surface area (Å²) in [4.78, 5) is 4.63. The molecule has 1 saturated heterocycles. The molecule has 7 heteroatoms. The second-order valence-corrected chi connectivity index (χ2v) is 6.11. The lowest BCUT2D eigenvalue weighted by Crippen LogP contribution is -2.50. The topological polar surface area (TPSA) is 54.9 Å². The van der Waals surface area contributed by atoms with Crippen LogP contribution in [0.15, 0.2) is 29.3 Å². The van der Waals surface area contributed by atoms with E-state index in [1.807, 2.05) is 24.3 Å². The van der Waals surface area contributed by atoms with Crippen LogP contribution >= 0.6 is 35.6 Å². The second-order valence-electron chi connectivity index (χ2n) is 5.67. The number of nitrogens with one attached hydrogen (secondary N) is 2. The number of methoxy groups -OCH3 is 1. The van der Waals surface area contributed by atoms with E-state index in [9.17, 15) is 0 Å². The van der Waals surface area contributed by atoms with E-state index in [2.05, 4.69) is 22.5 Å². The first-order valence-corrected chi connectivity index (χ1v) is 8.45. The van der Waals surface area contributed by atoms with Gasteiger partial charge in [0.25, 0.3) is 0 Å². The summed E-state index contributed by atoms with van der Waals surface area (Å²) in [5.41, 5.74) is 0.952. The van der Waals surface area contributed by atoms with E-state index < -0.39 is 0 Å². The Morgan fingerprint density at radius 3 is 2.50 bits per heavy atom. The molecule has 0 bridgehead atoms. The van der Waals surface area contributed by atoms with Crippen LogP contribution in [0.2, 0.25) is 5.02 Å². The molecule has 1 fully saturated rings. The molecule has 1 aliphatic heterocycles. The first-order chi connectivity index (χ1) is 11.2. The summed E-state index contributed by atoms with van der Waals surface area (Å²) in [5.74, 6) is 0.797. The van der Waals surface area contributed by atoms with E-state index in [1.165, 1.54) is 0 Å². The minimum Gasteiger partial charge on any atom is -0.381 e. The Hall–Kier alpha value is -0.570. The number of guanidine groups is 1. The van der Waals surface area contributed by atoms with Crippen molar-refractivity contribution in [3.63, 3.8) is 0 Å². The van der Waals surface area contributed by atoms with Gasteiger partial charge in [-0.15, -0.1) is 24.0 Å². The van der Waals surface area contributed by atoms with Gasteiger partial charge < -0.3 is 20.1 Å². The molecule has 1 aromatic rings. The molecule has 1 aliphatic rings. The van der Waals surface area contributed by atoms with Gasteiger partial charge >= 0.3 is 0 Å². The molecular weight excluding hydrogens is 441 g/mol. The fraction of sp³-hybridized carbons (Fsp3) is 0.588. The maximum Gasteiger partial charge on any atom is 0.191 e. The predicted octanol–water partition coefficient (Wildman–Crippen LogP) is 3.21. The highest BCUT2D eigenvalue weighted by molar-refractivity contribution is 14.0. The fourth-order valence-corrected chi connectivity index (χ4v) is 2.67. The van der Waals surface area contributed by atoms with Crippen molar-refractivity contribution < 1.29 is 9.47 Å². The quantitative estimate of drug-likeness (QED) is 0.383. The number of nitrogens with zero attached hydrogens (tertiary/aromatic N) is 1. The maximum atomic E-state index is 5.91. The standard InChI is InChI=1S/C17H26ClN3O2.HI/c1-3-19-16(20-12-14-4-6-15(18)7-5-14)21-13-17(22-2)8-10-23-11-9-17;/h4-7H,3,8-13H2,1-2H3,(H2,19,20,21);1H. The van der Waals surface area contributed by atoms with Gasteiger partial charge in [-0.25, -0.2) is 4.99 Å². The van der Waals surface area contributed by atoms with E-state index >= 15 is 0 Å². The van der Waals surface area contributed by atoms with Crippen molar-refractivity contribution in [2.45, 2.75) is 31.9 Å². The zero-order valence-corrected chi connectivity index (χ0v) is 17.4.